The molecular weight excluding hydrogens is 941 g/mol. The number of aryl methyl sites for hydroxylation is 1. The zero-order valence-corrected chi connectivity index (χ0v) is 37.1. The second-order valence-electron chi connectivity index (χ2n) is 15.5. The summed E-state index contributed by atoms with van der Waals surface area (Å²) in [6.45, 7) is 5.84. The minimum absolute atomic E-state index is 0. The summed E-state index contributed by atoms with van der Waals surface area (Å²) in [7, 11) is 0. The van der Waals surface area contributed by atoms with Crippen LogP contribution < -0.4 is 4.40 Å². The van der Waals surface area contributed by atoms with Crippen molar-refractivity contribution >= 4 is 72.7 Å². The molecular formula is C49H42GeIrN4O2-2. The molecule has 0 bridgehead atoms. The third kappa shape index (κ3) is 7.25. The van der Waals surface area contributed by atoms with Crippen molar-refractivity contribution in [1.29, 1.82) is 0 Å². The van der Waals surface area contributed by atoms with Gasteiger partial charge in [-0.1, -0.05) is 53.4 Å². The summed E-state index contributed by atoms with van der Waals surface area (Å²) in [6.07, 6.45) is 0.562. The van der Waals surface area contributed by atoms with E-state index < -0.39 is 19.6 Å². The first kappa shape index (κ1) is 36.0. The molecule has 5 aromatic carbocycles. The minimum Gasteiger partial charge on any atom is 0 e. The number of aromatic nitrogens is 4. The third-order valence-electron chi connectivity index (χ3n) is 9.99. The molecule has 0 fully saturated rings. The Balaban J connectivity index is 0.000000183. The number of hydrogen-bond acceptors (Lipinski definition) is 5. The molecule has 285 valence electrons. The van der Waals surface area contributed by atoms with Gasteiger partial charge < -0.3 is 13.4 Å². The van der Waals surface area contributed by atoms with Gasteiger partial charge in [0.2, 0.25) is 5.71 Å². The van der Waals surface area contributed by atoms with E-state index in [-0.39, 0.29) is 26.0 Å². The van der Waals surface area contributed by atoms with Crippen LogP contribution in [0.2, 0.25) is 17.3 Å². The average molecular weight is 986 g/mol. The molecule has 0 unspecified atom stereocenters. The molecule has 10 aromatic rings. The number of pyridine rings is 2. The number of fused-ring (bicyclic) bond motifs is 7. The van der Waals surface area contributed by atoms with E-state index in [2.05, 4.69) is 80.3 Å². The Labute approximate surface area is 351 Å². The Morgan fingerprint density at radius 2 is 1.53 bits per heavy atom. The van der Waals surface area contributed by atoms with E-state index in [1.54, 1.807) is 0 Å². The Morgan fingerprint density at radius 3 is 2.33 bits per heavy atom. The van der Waals surface area contributed by atoms with Gasteiger partial charge >= 0.3 is 128 Å². The molecule has 5 heterocycles. The summed E-state index contributed by atoms with van der Waals surface area (Å²) in [5, 5.41) is 4.13. The Morgan fingerprint density at radius 1 is 0.754 bits per heavy atom. The zero-order valence-electron chi connectivity index (χ0n) is 34.6. The first-order chi connectivity index (χ1) is 27.9. The van der Waals surface area contributed by atoms with Gasteiger partial charge in [0, 0.05) is 42.0 Å². The molecule has 10 rings (SSSR count). The number of benzene rings is 5. The SMILES string of the molecule is Cc1ccc2c(n1)oc1c(-c3nc4ccccc4n3-c3cccc4c3oc3ccccc34)[c-]ccc12.[2H]C([2H])(c1cc(-c2[c-]cccc2)nc[c]1[Ge]([CH3])([CH3])[CH3])C(C)C.[Ir]. The van der Waals surface area contributed by atoms with Gasteiger partial charge in [0.25, 0.3) is 0 Å². The molecule has 0 saturated heterocycles. The van der Waals surface area contributed by atoms with E-state index in [0.717, 1.165) is 93.3 Å². The molecule has 0 saturated carbocycles. The number of nitrogens with zero attached hydrogens (tertiary/aromatic N) is 4. The molecule has 5 aromatic heterocycles. The quantitative estimate of drug-likeness (QED) is 0.123. The van der Waals surface area contributed by atoms with Crippen LogP contribution in [-0.2, 0) is 26.5 Å². The maximum Gasteiger partial charge on any atom is 0 e. The van der Waals surface area contributed by atoms with E-state index >= 15 is 0 Å². The molecule has 1 radical (unpaired) electrons. The molecule has 0 amide bonds. The largest absolute Gasteiger partial charge is 0 e. The van der Waals surface area contributed by atoms with Crippen molar-refractivity contribution in [3.63, 3.8) is 0 Å². The van der Waals surface area contributed by atoms with Crippen LogP contribution in [0.15, 0.2) is 136 Å². The number of rotatable bonds is 6. The molecule has 6 nitrogen and oxygen atoms in total. The number of para-hydroxylation sites is 4. The monoisotopic (exact) mass is 987 g/mol. The van der Waals surface area contributed by atoms with Crippen molar-refractivity contribution in [3.05, 3.63) is 151 Å². The number of imidazole rings is 1. The number of furan rings is 2. The summed E-state index contributed by atoms with van der Waals surface area (Å²) < 4.78 is 33.1. The topological polar surface area (TPSA) is 69.9 Å². The van der Waals surface area contributed by atoms with E-state index in [9.17, 15) is 0 Å². The summed E-state index contributed by atoms with van der Waals surface area (Å²) in [5.74, 6) is 7.51. The van der Waals surface area contributed by atoms with Gasteiger partial charge in [-0.05, 0) is 43.3 Å². The van der Waals surface area contributed by atoms with Crippen LogP contribution in [0.3, 0.4) is 0 Å². The Bertz CT molecular complexity index is 3150. The maximum absolute atomic E-state index is 8.56. The van der Waals surface area contributed by atoms with Gasteiger partial charge in [-0.15, -0.1) is 18.2 Å². The fourth-order valence-corrected chi connectivity index (χ4v) is 10.4. The van der Waals surface area contributed by atoms with Gasteiger partial charge in [0.15, 0.2) is 5.58 Å². The summed E-state index contributed by atoms with van der Waals surface area (Å²) >= 11 is -2.20. The second-order valence-corrected chi connectivity index (χ2v) is 26.0. The molecule has 0 aliphatic heterocycles. The average Bonchev–Trinajstić information content (AvgIpc) is 3.92. The van der Waals surface area contributed by atoms with Crippen molar-refractivity contribution in [2.24, 2.45) is 5.92 Å². The maximum atomic E-state index is 8.56. The smallest absolute Gasteiger partial charge is 0 e. The fourth-order valence-electron chi connectivity index (χ4n) is 7.41. The van der Waals surface area contributed by atoms with Crippen molar-refractivity contribution in [2.75, 3.05) is 0 Å². The zero-order chi connectivity index (χ0) is 40.3. The van der Waals surface area contributed by atoms with Crippen molar-refractivity contribution in [3.8, 4) is 28.3 Å². The molecule has 0 spiro atoms. The van der Waals surface area contributed by atoms with Crippen LogP contribution in [0.25, 0.3) is 83.4 Å². The predicted molar refractivity (Wildman–Crippen MR) is 232 cm³/mol. The van der Waals surface area contributed by atoms with Gasteiger partial charge in [-0.25, -0.2) is 4.98 Å². The van der Waals surface area contributed by atoms with Crippen LogP contribution in [0.5, 0.6) is 0 Å². The summed E-state index contributed by atoms with van der Waals surface area (Å²) in [6, 6.07) is 46.8. The minimum atomic E-state index is -2.20. The van der Waals surface area contributed by atoms with E-state index in [0.29, 0.717) is 5.71 Å². The standard InChI is InChI=1S/C31H18N3O2.C18H24GeN.Ir/c1-18-16-17-22-21-9-6-11-23(28(21)36-31(22)32-18)30-33-24-12-3-4-13-25(24)34(30)26-14-7-10-20-19-8-2-5-15-27(19)35-29(20)26;1-14(2)11-16-12-18(15-9-7-6-8-10-15)20-13-17(16)19(3,4)5;/h2-10,12-17H,1H3;6-9,12-14H,11H2,1-5H3;/q2*-1;/i;11D2;. The molecule has 57 heavy (non-hydrogen) atoms. The van der Waals surface area contributed by atoms with E-state index in [4.69, 9.17) is 16.6 Å². The summed E-state index contributed by atoms with van der Waals surface area (Å²) in [4.78, 5) is 14.3. The summed E-state index contributed by atoms with van der Waals surface area (Å²) in [5.41, 5.74) is 10.0. The molecule has 0 atom stereocenters. The van der Waals surface area contributed by atoms with Crippen LogP contribution in [0.4, 0.5) is 0 Å². The fraction of sp³-hybridized carbons (Fsp3) is 0.163. The van der Waals surface area contributed by atoms with Crippen molar-refractivity contribution < 1.29 is 31.7 Å². The normalized spacial score (nSPS) is 12.5. The van der Waals surface area contributed by atoms with Crippen LogP contribution in [0, 0.1) is 25.0 Å². The van der Waals surface area contributed by atoms with Gasteiger partial charge in [-0.3, -0.25) is 4.98 Å². The third-order valence-corrected chi connectivity index (χ3v) is 14.2. The van der Waals surface area contributed by atoms with Crippen molar-refractivity contribution in [1.82, 2.24) is 19.5 Å². The number of hydrogen-bond donors (Lipinski definition) is 0. The van der Waals surface area contributed by atoms with Gasteiger partial charge in [-0.2, -0.15) is 0 Å². The first-order valence-corrected chi connectivity index (χ1v) is 26.3. The first-order valence-electron chi connectivity index (χ1n) is 20.0. The van der Waals surface area contributed by atoms with Gasteiger partial charge in [0.1, 0.15) is 5.58 Å². The predicted octanol–water partition coefficient (Wildman–Crippen LogP) is 12.3. The van der Waals surface area contributed by atoms with E-state index in [1.807, 2.05) is 112 Å². The van der Waals surface area contributed by atoms with E-state index in [1.165, 1.54) is 0 Å². The van der Waals surface area contributed by atoms with Crippen LogP contribution in [-0.4, -0.2) is 32.8 Å². The molecule has 8 heteroatoms. The van der Waals surface area contributed by atoms with Crippen LogP contribution in [0.1, 0.15) is 27.8 Å². The Kier molecular flexibility index (Phi) is 9.83. The van der Waals surface area contributed by atoms with Crippen molar-refractivity contribution in [2.45, 2.75) is 44.4 Å². The Hall–Kier alpha value is -5.34. The molecule has 0 aliphatic rings. The second kappa shape index (κ2) is 15.5. The van der Waals surface area contributed by atoms with Gasteiger partial charge in [0.05, 0.1) is 28.1 Å². The van der Waals surface area contributed by atoms with Crippen LogP contribution >= 0.6 is 0 Å². The molecule has 0 aliphatic carbocycles. The molecule has 0 N–H and O–H groups in total.